The predicted octanol–water partition coefficient (Wildman–Crippen LogP) is 8.34. The summed E-state index contributed by atoms with van der Waals surface area (Å²) in [6, 6.07) is 7.35. The van der Waals surface area contributed by atoms with Crippen LogP contribution in [-0.2, 0) is 25.7 Å². The van der Waals surface area contributed by atoms with Gasteiger partial charge in [-0.25, -0.2) is 0 Å². The first kappa shape index (κ1) is 31.8. The second kappa shape index (κ2) is 13.8. The van der Waals surface area contributed by atoms with Gasteiger partial charge in [-0.15, -0.1) is 25.3 Å². The second-order valence-electron chi connectivity index (χ2n) is 10.9. The molecule has 3 aromatic rings. The predicted molar refractivity (Wildman–Crippen MR) is 171 cm³/mol. The Kier molecular flexibility index (Phi) is 11.0. The van der Waals surface area contributed by atoms with E-state index in [9.17, 15) is 19.8 Å². The van der Waals surface area contributed by atoms with Crippen LogP contribution in [0, 0.1) is 27.7 Å². The molecule has 3 aromatic carbocycles. The second-order valence-corrected chi connectivity index (χ2v) is 11.7. The van der Waals surface area contributed by atoms with Gasteiger partial charge in [-0.05, 0) is 134 Å². The highest BCUT2D eigenvalue weighted by atomic mass is 32.1. The lowest BCUT2D eigenvalue weighted by Crippen LogP contribution is -2.12. The molecular formula is C34H42O4S2. The van der Waals surface area contributed by atoms with E-state index in [1.807, 2.05) is 39.8 Å². The maximum Gasteiger partial charge on any atom is 0.216 e. The molecule has 0 aromatic heterocycles. The van der Waals surface area contributed by atoms with Gasteiger partial charge in [0.25, 0.3) is 0 Å². The summed E-state index contributed by atoms with van der Waals surface area (Å²) in [5.41, 5.74) is 9.54. The largest absolute Gasteiger partial charge is 0.507 e. The Labute approximate surface area is 250 Å². The quantitative estimate of drug-likeness (QED) is 0.163. The van der Waals surface area contributed by atoms with Crippen LogP contribution in [0.2, 0.25) is 0 Å². The molecular weight excluding hydrogens is 537 g/mol. The summed E-state index contributed by atoms with van der Waals surface area (Å²) < 4.78 is 0. The standard InChI is InChI=1S/C34H42O4S2/c1-7-9-11-23-15-19(3)27(21(5)31(23)35)17-29-25(33(37)39)13-14-26(34(38)40)30(29)18-28-20(4)16-24(12-10-8-2)32(36)22(28)6/h13-16,35-36H,7-12,17-18H2,1-6H3,(H,37,39)(H,38,40). The van der Waals surface area contributed by atoms with Crippen molar-refractivity contribution in [1.29, 1.82) is 0 Å². The van der Waals surface area contributed by atoms with Crippen LogP contribution in [0.25, 0.3) is 0 Å². The van der Waals surface area contributed by atoms with E-state index in [1.54, 1.807) is 12.1 Å². The number of aromatic hydroxyl groups is 2. The molecule has 6 heteroatoms. The number of carbonyl (C=O) groups excluding carboxylic acids is 2. The molecule has 2 N–H and O–H groups in total. The van der Waals surface area contributed by atoms with Crippen molar-refractivity contribution < 1.29 is 19.8 Å². The first-order valence-electron chi connectivity index (χ1n) is 14.2. The first-order chi connectivity index (χ1) is 18.9. The van der Waals surface area contributed by atoms with Gasteiger partial charge in [-0.3, -0.25) is 9.59 Å². The van der Waals surface area contributed by atoms with Crippen LogP contribution < -0.4 is 0 Å². The van der Waals surface area contributed by atoms with Crippen molar-refractivity contribution in [1.82, 2.24) is 0 Å². The highest BCUT2D eigenvalue weighted by molar-refractivity contribution is 7.97. The molecule has 0 heterocycles. The Morgan fingerprint density at radius 1 is 0.650 bits per heavy atom. The number of benzene rings is 3. The smallest absolute Gasteiger partial charge is 0.216 e. The number of phenolic OH excluding ortho intramolecular Hbond substituents is 2. The topological polar surface area (TPSA) is 74.6 Å². The van der Waals surface area contributed by atoms with E-state index >= 15 is 0 Å². The van der Waals surface area contributed by atoms with E-state index in [2.05, 4.69) is 39.1 Å². The number of hydrogen-bond acceptors (Lipinski definition) is 4. The third-order valence-corrected chi connectivity index (χ3v) is 8.64. The number of hydrogen-bond donors (Lipinski definition) is 4. The fraction of sp³-hybridized carbons (Fsp3) is 0.412. The third kappa shape index (κ3) is 6.77. The molecule has 0 saturated heterocycles. The van der Waals surface area contributed by atoms with Gasteiger partial charge >= 0.3 is 0 Å². The average Bonchev–Trinajstić information content (AvgIpc) is 2.91. The van der Waals surface area contributed by atoms with Crippen molar-refractivity contribution in [2.75, 3.05) is 0 Å². The van der Waals surface area contributed by atoms with E-state index < -0.39 is 0 Å². The SMILES string of the molecule is CCCCc1cc(C)c(Cc2c(C(=O)S)ccc(C(=O)S)c2Cc2c(C)cc(CCCC)c(O)c2C)c(C)c1O. The van der Waals surface area contributed by atoms with Gasteiger partial charge in [-0.1, -0.05) is 38.8 Å². The molecule has 0 amide bonds. The van der Waals surface area contributed by atoms with Gasteiger partial charge < -0.3 is 10.2 Å². The van der Waals surface area contributed by atoms with Crippen LogP contribution in [0.4, 0.5) is 0 Å². The summed E-state index contributed by atoms with van der Waals surface area (Å²) in [5.74, 6) is 0.574. The Morgan fingerprint density at radius 3 is 1.30 bits per heavy atom. The van der Waals surface area contributed by atoms with Crippen LogP contribution in [0.5, 0.6) is 11.5 Å². The van der Waals surface area contributed by atoms with Crippen molar-refractivity contribution in [3.8, 4) is 11.5 Å². The fourth-order valence-electron chi connectivity index (χ4n) is 5.70. The normalized spacial score (nSPS) is 11.2. The number of thiol groups is 2. The molecule has 0 fully saturated rings. The van der Waals surface area contributed by atoms with Gasteiger partial charge in [0.1, 0.15) is 11.5 Å². The van der Waals surface area contributed by atoms with Crippen LogP contribution >= 0.6 is 25.3 Å². The summed E-state index contributed by atoms with van der Waals surface area (Å²) >= 11 is 8.36. The maximum absolute atomic E-state index is 12.8. The molecule has 0 aliphatic carbocycles. The molecule has 0 unspecified atom stereocenters. The van der Waals surface area contributed by atoms with E-state index in [0.29, 0.717) is 35.1 Å². The van der Waals surface area contributed by atoms with E-state index in [0.717, 1.165) is 83.0 Å². The molecule has 0 saturated carbocycles. The van der Waals surface area contributed by atoms with Gasteiger partial charge in [0.15, 0.2) is 0 Å². The van der Waals surface area contributed by atoms with Crippen LogP contribution in [0.1, 0.15) is 116 Å². The zero-order valence-corrected chi connectivity index (χ0v) is 26.4. The Balaban J connectivity index is 2.24. The molecule has 4 nitrogen and oxygen atoms in total. The molecule has 0 aliphatic rings. The molecule has 3 rings (SSSR count). The first-order valence-corrected chi connectivity index (χ1v) is 15.0. The summed E-state index contributed by atoms with van der Waals surface area (Å²) in [5, 5.41) is 21.3. The highest BCUT2D eigenvalue weighted by Crippen LogP contribution is 2.36. The molecule has 0 bridgehead atoms. The monoisotopic (exact) mass is 578 g/mol. The number of aryl methyl sites for hydroxylation is 4. The lowest BCUT2D eigenvalue weighted by atomic mass is 9.83. The van der Waals surface area contributed by atoms with Crippen molar-refractivity contribution in [3.05, 3.63) is 91.0 Å². The minimum absolute atomic E-state index is 0.287. The molecule has 0 spiro atoms. The number of phenols is 2. The summed E-state index contributed by atoms with van der Waals surface area (Å²) in [6.07, 6.45) is 6.36. The van der Waals surface area contributed by atoms with Gasteiger partial charge in [0, 0.05) is 11.1 Å². The number of rotatable bonds is 12. The van der Waals surface area contributed by atoms with E-state index in [1.165, 1.54) is 0 Å². The summed E-state index contributed by atoms with van der Waals surface area (Å²) in [4.78, 5) is 25.5. The summed E-state index contributed by atoms with van der Waals surface area (Å²) in [7, 11) is 0. The van der Waals surface area contributed by atoms with Crippen molar-refractivity contribution >= 4 is 35.5 Å². The van der Waals surface area contributed by atoms with Gasteiger partial charge in [0.05, 0.1) is 0 Å². The van der Waals surface area contributed by atoms with Gasteiger partial charge in [0.2, 0.25) is 10.2 Å². The third-order valence-electron chi connectivity index (χ3n) is 8.16. The van der Waals surface area contributed by atoms with Crippen molar-refractivity contribution in [3.63, 3.8) is 0 Å². The Morgan fingerprint density at radius 2 is 1.00 bits per heavy atom. The minimum Gasteiger partial charge on any atom is -0.507 e. The van der Waals surface area contributed by atoms with Crippen LogP contribution in [-0.4, -0.2) is 20.4 Å². The molecule has 0 radical (unpaired) electrons. The Hall–Kier alpha value is -2.70. The molecule has 40 heavy (non-hydrogen) atoms. The zero-order valence-electron chi connectivity index (χ0n) is 24.6. The van der Waals surface area contributed by atoms with Crippen LogP contribution in [0.3, 0.4) is 0 Å². The average molecular weight is 579 g/mol. The van der Waals surface area contributed by atoms with Crippen molar-refractivity contribution in [2.45, 2.75) is 92.9 Å². The lowest BCUT2D eigenvalue weighted by Gasteiger charge is -2.22. The molecule has 214 valence electrons. The Bertz CT molecular complexity index is 1330. The number of carbonyl (C=O) groups is 2. The highest BCUT2D eigenvalue weighted by Gasteiger charge is 2.24. The fourth-order valence-corrected chi connectivity index (χ4v) is 6.12. The maximum atomic E-state index is 12.8. The van der Waals surface area contributed by atoms with E-state index in [4.69, 9.17) is 0 Å². The minimum atomic E-state index is -0.389. The number of unbranched alkanes of at least 4 members (excludes halogenated alkanes) is 2. The van der Waals surface area contributed by atoms with Crippen molar-refractivity contribution in [2.24, 2.45) is 0 Å². The molecule has 0 atom stereocenters. The molecule has 0 aliphatic heterocycles. The zero-order chi connectivity index (χ0) is 29.7. The van der Waals surface area contributed by atoms with Gasteiger partial charge in [-0.2, -0.15) is 0 Å². The van der Waals surface area contributed by atoms with E-state index in [-0.39, 0.29) is 21.7 Å². The lowest BCUT2D eigenvalue weighted by molar-refractivity contribution is 0.107. The summed E-state index contributed by atoms with van der Waals surface area (Å²) in [6.45, 7) is 12.1. The van der Waals surface area contributed by atoms with Crippen LogP contribution in [0.15, 0.2) is 24.3 Å².